The van der Waals surface area contributed by atoms with E-state index < -0.39 is 10.1 Å². The second-order valence-electron chi connectivity index (χ2n) is 1.71. The van der Waals surface area contributed by atoms with Crippen LogP contribution in [0, 0.1) is 0 Å². The molecule has 0 fully saturated rings. The summed E-state index contributed by atoms with van der Waals surface area (Å²) in [6.07, 6.45) is 2.40. The zero-order valence-electron chi connectivity index (χ0n) is 6.28. The summed E-state index contributed by atoms with van der Waals surface area (Å²) in [6, 6.07) is 0. The van der Waals surface area contributed by atoms with Gasteiger partial charge in [0.1, 0.15) is 0 Å². The van der Waals surface area contributed by atoms with E-state index >= 15 is 0 Å². The first-order valence-corrected chi connectivity index (χ1v) is 5.27. The Kier molecular flexibility index (Phi) is 8.42. The molecule has 0 spiro atoms. The zero-order chi connectivity index (χ0) is 9.49. The third kappa shape index (κ3) is 69.2. The minimum Gasteiger partial charge on any atom is -0.392 e. The highest BCUT2D eigenvalue weighted by Crippen LogP contribution is 1.98. The van der Waals surface area contributed by atoms with E-state index in [0.717, 1.165) is 4.48 Å². The summed E-state index contributed by atoms with van der Waals surface area (Å²) in [5, 5.41) is 8.13. The van der Waals surface area contributed by atoms with Gasteiger partial charge >= 0.3 is 0 Å². The summed E-state index contributed by atoms with van der Waals surface area (Å²) in [5.74, 6) is 0. The smallest absolute Gasteiger partial charge is 0.261 e. The Bertz CT molecular complexity index is 195. The lowest BCUT2D eigenvalue weighted by molar-refractivity contribution is 0.342. The van der Waals surface area contributed by atoms with Crippen LogP contribution in [0.2, 0.25) is 0 Å². The zero-order valence-corrected chi connectivity index (χ0v) is 8.68. The van der Waals surface area contributed by atoms with Crippen LogP contribution in [0.15, 0.2) is 10.6 Å². The van der Waals surface area contributed by atoms with Crippen LogP contribution in [0.1, 0.15) is 6.92 Å². The predicted molar refractivity (Wildman–Crippen MR) is 47.2 cm³/mol. The summed E-state index contributed by atoms with van der Waals surface area (Å²) in [5.41, 5.74) is 0. The first kappa shape index (κ1) is 13.7. The number of halogens is 1. The van der Waals surface area contributed by atoms with Gasteiger partial charge in [0.15, 0.2) is 0 Å². The average molecular weight is 247 g/mol. The number of hydrogen-bond donors (Lipinski definition) is 2. The molecule has 0 radical (unpaired) electrons. The molecule has 6 heteroatoms. The molecule has 0 aliphatic rings. The van der Waals surface area contributed by atoms with Crippen molar-refractivity contribution in [2.24, 2.45) is 0 Å². The van der Waals surface area contributed by atoms with E-state index in [-0.39, 0.29) is 6.61 Å². The molecule has 68 valence electrons. The first-order chi connectivity index (χ1) is 4.77. The van der Waals surface area contributed by atoms with Crippen molar-refractivity contribution in [1.29, 1.82) is 0 Å². The van der Waals surface area contributed by atoms with Crippen LogP contribution in [-0.2, 0) is 10.1 Å². The van der Waals surface area contributed by atoms with Crippen molar-refractivity contribution in [1.82, 2.24) is 0 Å². The van der Waals surface area contributed by atoms with Gasteiger partial charge in [0.05, 0.1) is 12.9 Å². The Hall–Kier alpha value is 0.0900. The van der Waals surface area contributed by atoms with Gasteiger partial charge in [-0.3, -0.25) is 4.55 Å². The standard InChI is InChI=1S/C4H7BrO.CH4O3S/c1-4(5)2-3-6;1-5(2,3)4/h2,6H,3H2,1H3;1H3,(H,2,3,4). The Morgan fingerprint density at radius 3 is 1.91 bits per heavy atom. The number of allylic oxidation sites excluding steroid dienone is 1. The maximum Gasteiger partial charge on any atom is 0.261 e. The van der Waals surface area contributed by atoms with Crippen molar-refractivity contribution in [2.45, 2.75) is 6.92 Å². The maximum absolute atomic E-state index is 9.19. The van der Waals surface area contributed by atoms with Gasteiger partial charge in [-0.2, -0.15) is 8.42 Å². The molecule has 0 saturated carbocycles. The predicted octanol–water partition coefficient (Wildman–Crippen LogP) is 0.781. The van der Waals surface area contributed by atoms with Crippen LogP contribution in [0.25, 0.3) is 0 Å². The largest absolute Gasteiger partial charge is 0.392 e. The molecule has 0 aliphatic carbocycles. The minimum atomic E-state index is -3.67. The molecule has 4 nitrogen and oxygen atoms in total. The quantitative estimate of drug-likeness (QED) is 0.671. The van der Waals surface area contributed by atoms with Gasteiger partial charge in [-0.15, -0.1) is 0 Å². The molecule has 2 N–H and O–H groups in total. The van der Waals surface area contributed by atoms with Crippen LogP contribution in [0.3, 0.4) is 0 Å². The normalized spacial score (nSPS) is 11.9. The fourth-order valence-electron chi connectivity index (χ4n) is 0.126. The summed E-state index contributed by atoms with van der Waals surface area (Å²) in [4.78, 5) is 0. The topological polar surface area (TPSA) is 74.6 Å². The highest BCUT2D eigenvalue weighted by atomic mass is 79.9. The SMILES string of the molecule is CC(Br)=CCO.CS(=O)(=O)O. The average Bonchev–Trinajstić information content (AvgIpc) is 1.58. The maximum atomic E-state index is 9.19. The lowest BCUT2D eigenvalue weighted by Gasteiger charge is -1.77. The fourth-order valence-corrected chi connectivity index (χ4v) is 0.271. The van der Waals surface area contributed by atoms with Crippen LogP contribution in [0.5, 0.6) is 0 Å². The molecule has 0 saturated heterocycles. The molecule has 0 aliphatic heterocycles. The van der Waals surface area contributed by atoms with Gasteiger partial charge in [0.2, 0.25) is 0 Å². The monoisotopic (exact) mass is 246 g/mol. The van der Waals surface area contributed by atoms with E-state index in [4.69, 9.17) is 9.66 Å². The molecular formula is C5H11BrO4S. The van der Waals surface area contributed by atoms with E-state index in [1.807, 2.05) is 6.92 Å². The molecule has 11 heavy (non-hydrogen) atoms. The Labute approximate surface area is 74.8 Å². The van der Waals surface area contributed by atoms with Gasteiger partial charge in [0.25, 0.3) is 10.1 Å². The van der Waals surface area contributed by atoms with E-state index in [1.54, 1.807) is 6.08 Å². The van der Waals surface area contributed by atoms with Crippen molar-refractivity contribution < 1.29 is 18.1 Å². The van der Waals surface area contributed by atoms with E-state index in [0.29, 0.717) is 6.26 Å². The van der Waals surface area contributed by atoms with E-state index in [2.05, 4.69) is 15.9 Å². The molecule has 0 aromatic heterocycles. The Morgan fingerprint density at radius 1 is 1.64 bits per heavy atom. The lowest BCUT2D eigenvalue weighted by Crippen LogP contribution is -1.88. The van der Waals surface area contributed by atoms with Crippen LogP contribution >= 0.6 is 15.9 Å². The van der Waals surface area contributed by atoms with Gasteiger partial charge < -0.3 is 5.11 Å². The molecule has 0 aromatic rings. The van der Waals surface area contributed by atoms with Crippen molar-refractivity contribution >= 4 is 26.0 Å². The Balaban J connectivity index is 0. The van der Waals surface area contributed by atoms with Crippen LogP contribution in [0.4, 0.5) is 0 Å². The molecular weight excluding hydrogens is 236 g/mol. The van der Waals surface area contributed by atoms with Crippen molar-refractivity contribution in [3.8, 4) is 0 Å². The number of rotatable bonds is 1. The van der Waals surface area contributed by atoms with Crippen molar-refractivity contribution in [2.75, 3.05) is 12.9 Å². The molecule has 0 unspecified atom stereocenters. The summed E-state index contributed by atoms with van der Waals surface area (Å²) in [6.45, 7) is 1.99. The minimum absolute atomic E-state index is 0.122. The van der Waals surface area contributed by atoms with Crippen LogP contribution < -0.4 is 0 Å². The highest BCUT2D eigenvalue weighted by Gasteiger charge is 1.81. The summed E-state index contributed by atoms with van der Waals surface area (Å²) < 4.78 is 26.8. The fraction of sp³-hybridized carbons (Fsp3) is 0.600. The lowest BCUT2D eigenvalue weighted by atomic mass is 10.6. The first-order valence-electron chi connectivity index (χ1n) is 2.63. The summed E-state index contributed by atoms with van der Waals surface area (Å²) in [7, 11) is -3.67. The number of aliphatic hydroxyl groups is 1. The van der Waals surface area contributed by atoms with Gasteiger partial charge in [-0.25, -0.2) is 0 Å². The van der Waals surface area contributed by atoms with E-state index in [9.17, 15) is 8.42 Å². The molecule has 0 aromatic carbocycles. The molecule has 0 rings (SSSR count). The number of aliphatic hydroxyl groups excluding tert-OH is 1. The number of hydrogen-bond acceptors (Lipinski definition) is 3. The molecule has 0 atom stereocenters. The van der Waals surface area contributed by atoms with Crippen molar-refractivity contribution in [3.05, 3.63) is 10.6 Å². The summed E-state index contributed by atoms with van der Waals surface area (Å²) >= 11 is 3.14. The second-order valence-corrected chi connectivity index (χ2v) is 4.42. The third-order valence-electron chi connectivity index (χ3n) is 0.373. The van der Waals surface area contributed by atoms with Crippen LogP contribution in [-0.4, -0.2) is 30.9 Å². The molecule has 0 amide bonds. The highest BCUT2D eigenvalue weighted by molar-refractivity contribution is 9.11. The van der Waals surface area contributed by atoms with Gasteiger partial charge in [0, 0.05) is 0 Å². The van der Waals surface area contributed by atoms with Crippen molar-refractivity contribution in [3.63, 3.8) is 0 Å². The van der Waals surface area contributed by atoms with Gasteiger partial charge in [-0.05, 0) is 17.5 Å². The third-order valence-corrected chi connectivity index (χ3v) is 0.696. The second kappa shape index (κ2) is 6.78. The molecule has 0 bridgehead atoms. The molecule has 0 heterocycles. The van der Waals surface area contributed by atoms with E-state index in [1.165, 1.54) is 0 Å². The Morgan fingerprint density at radius 2 is 1.91 bits per heavy atom. The van der Waals surface area contributed by atoms with Gasteiger partial charge in [-0.1, -0.05) is 15.9 Å².